The molecule has 0 bridgehead atoms. The van der Waals surface area contributed by atoms with Crippen LogP contribution in [0, 0.1) is 11.3 Å². The average molecular weight is 566 g/mol. The Morgan fingerprint density at radius 1 is 0.900 bits per heavy atom. The predicted octanol–water partition coefficient (Wildman–Crippen LogP) is 4.76. The molecule has 1 atom stereocenters. The van der Waals surface area contributed by atoms with Crippen molar-refractivity contribution in [2.75, 3.05) is 13.2 Å². The summed E-state index contributed by atoms with van der Waals surface area (Å²) in [5.41, 5.74) is -1.40. The molecule has 8 heteroatoms. The maximum Gasteiger partial charge on any atom is 0.408 e. The molecule has 2 aromatic rings. The molecule has 2 saturated carbocycles. The first kappa shape index (κ1) is 30.0. The van der Waals surface area contributed by atoms with E-state index in [0.717, 1.165) is 23.2 Å². The number of benzene rings is 2. The average Bonchev–Trinajstić information content (AvgIpc) is 3.81. The quantitative estimate of drug-likeness (QED) is 0.312. The van der Waals surface area contributed by atoms with Gasteiger partial charge < -0.3 is 19.2 Å². The van der Waals surface area contributed by atoms with E-state index in [1.165, 1.54) is 0 Å². The summed E-state index contributed by atoms with van der Waals surface area (Å²) in [4.78, 5) is 38.6. The molecule has 2 aliphatic carbocycles. The van der Waals surface area contributed by atoms with Gasteiger partial charge in [-0.25, -0.2) is 9.59 Å². The SMILES string of the molecule is CC(C)(C)OC(=O)NC(C(=O)OCC(=O)C1CC1)C1(CO[Si](c2ccccc2)(c2ccccc2)C(C)(C)C)CC1. The maximum absolute atomic E-state index is 13.5. The molecule has 0 radical (unpaired) electrons. The number of ketones is 1. The molecule has 216 valence electrons. The molecule has 2 aliphatic rings. The van der Waals surface area contributed by atoms with Gasteiger partial charge in [-0.3, -0.25) is 4.79 Å². The molecule has 0 spiro atoms. The second-order valence-corrected chi connectivity index (χ2v) is 17.5. The van der Waals surface area contributed by atoms with Gasteiger partial charge in [-0.05, 0) is 61.9 Å². The van der Waals surface area contributed by atoms with Gasteiger partial charge in [-0.15, -0.1) is 0 Å². The van der Waals surface area contributed by atoms with E-state index in [1.54, 1.807) is 20.8 Å². The Morgan fingerprint density at radius 2 is 1.43 bits per heavy atom. The first-order valence-electron chi connectivity index (χ1n) is 14.2. The first-order chi connectivity index (χ1) is 18.8. The van der Waals surface area contributed by atoms with E-state index in [1.807, 2.05) is 36.4 Å². The lowest BCUT2D eigenvalue weighted by Gasteiger charge is -2.44. The van der Waals surface area contributed by atoms with Crippen molar-refractivity contribution in [3.63, 3.8) is 0 Å². The molecule has 0 saturated heterocycles. The third-order valence-corrected chi connectivity index (χ3v) is 12.8. The predicted molar refractivity (Wildman–Crippen MR) is 157 cm³/mol. The number of rotatable bonds is 11. The number of ether oxygens (including phenoxy) is 2. The van der Waals surface area contributed by atoms with Crippen molar-refractivity contribution >= 4 is 36.5 Å². The topological polar surface area (TPSA) is 90.9 Å². The maximum atomic E-state index is 13.5. The van der Waals surface area contributed by atoms with Gasteiger partial charge in [-0.1, -0.05) is 81.4 Å². The van der Waals surface area contributed by atoms with Gasteiger partial charge in [0.15, 0.2) is 5.78 Å². The molecule has 1 unspecified atom stereocenters. The van der Waals surface area contributed by atoms with Crippen LogP contribution >= 0.6 is 0 Å². The van der Waals surface area contributed by atoms with Crippen molar-refractivity contribution in [3.8, 4) is 0 Å². The molecule has 40 heavy (non-hydrogen) atoms. The number of alkyl carbamates (subject to hydrolysis) is 1. The van der Waals surface area contributed by atoms with E-state index in [-0.39, 0.29) is 30.0 Å². The van der Waals surface area contributed by atoms with Gasteiger partial charge in [0.05, 0.1) is 0 Å². The van der Waals surface area contributed by atoms with Gasteiger partial charge in [0.2, 0.25) is 0 Å². The van der Waals surface area contributed by atoms with Crippen LogP contribution in [0.15, 0.2) is 60.7 Å². The smallest absolute Gasteiger partial charge is 0.408 e. The highest BCUT2D eigenvalue weighted by atomic mass is 28.4. The zero-order valence-corrected chi connectivity index (χ0v) is 25.6. The van der Waals surface area contributed by atoms with Gasteiger partial charge in [0.1, 0.15) is 18.2 Å². The molecule has 4 rings (SSSR count). The lowest BCUT2D eigenvalue weighted by molar-refractivity contribution is -0.152. The van der Waals surface area contributed by atoms with Gasteiger partial charge >= 0.3 is 12.1 Å². The van der Waals surface area contributed by atoms with E-state index in [4.69, 9.17) is 13.9 Å². The fourth-order valence-corrected chi connectivity index (χ4v) is 9.99. The molecule has 0 heterocycles. The summed E-state index contributed by atoms with van der Waals surface area (Å²) in [6.07, 6.45) is 2.34. The van der Waals surface area contributed by atoms with Crippen LogP contribution in [0.1, 0.15) is 67.2 Å². The molecular formula is C32H43NO6Si. The van der Waals surface area contributed by atoms with Crippen molar-refractivity contribution in [2.24, 2.45) is 11.3 Å². The third-order valence-electron chi connectivity index (χ3n) is 7.78. The number of esters is 1. The summed E-state index contributed by atoms with van der Waals surface area (Å²) in [5.74, 6) is -0.709. The summed E-state index contributed by atoms with van der Waals surface area (Å²) in [6.45, 7) is 11.9. The Balaban J connectivity index is 1.64. The number of carbonyl (C=O) groups is 3. The third kappa shape index (κ3) is 6.84. The second kappa shape index (κ2) is 11.5. The number of carbonyl (C=O) groups excluding carboxylic acids is 3. The van der Waals surface area contributed by atoms with Gasteiger partial charge in [0.25, 0.3) is 8.32 Å². The van der Waals surface area contributed by atoms with Crippen molar-refractivity contribution in [3.05, 3.63) is 60.7 Å². The van der Waals surface area contributed by atoms with Crippen LogP contribution in [0.25, 0.3) is 0 Å². The number of nitrogens with one attached hydrogen (secondary N) is 1. The first-order valence-corrected chi connectivity index (χ1v) is 16.1. The molecule has 2 aromatic carbocycles. The highest BCUT2D eigenvalue weighted by Crippen LogP contribution is 2.51. The molecule has 2 fully saturated rings. The Morgan fingerprint density at radius 3 is 1.85 bits per heavy atom. The molecular weight excluding hydrogens is 522 g/mol. The molecule has 0 aromatic heterocycles. The van der Waals surface area contributed by atoms with Crippen LogP contribution in [0.3, 0.4) is 0 Å². The molecule has 1 amide bonds. The van der Waals surface area contributed by atoms with Crippen LogP contribution in [-0.4, -0.2) is 51.0 Å². The summed E-state index contributed by atoms with van der Waals surface area (Å²) >= 11 is 0. The highest BCUT2D eigenvalue weighted by Gasteiger charge is 2.58. The largest absolute Gasteiger partial charge is 0.456 e. The van der Waals surface area contributed by atoms with Crippen LogP contribution in [0.5, 0.6) is 0 Å². The standard InChI is InChI=1S/C32H43NO6Si/c1-30(2,3)39-29(36)33-27(28(35)37-21-26(34)23-17-18-23)32(19-20-32)22-38-40(31(4,5)6,24-13-9-7-10-14-24)25-15-11-8-12-16-25/h7-16,23,27H,17-22H2,1-6H3,(H,33,36). The van der Waals surface area contributed by atoms with Crippen molar-refractivity contribution in [1.29, 1.82) is 0 Å². The fraction of sp³-hybridized carbons (Fsp3) is 0.531. The van der Waals surface area contributed by atoms with E-state index >= 15 is 0 Å². The summed E-state index contributed by atoms with van der Waals surface area (Å²) in [5, 5.41) is 4.82. The number of hydrogen-bond acceptors (Lipinski definition) is 6. The number of Topliss-reactive ketones (excluding diaryl/α,β-unsaturated/α-hetero) is 1. The summed E-state index contributed by atoms with van der Waals surface area (Å²) < 4.78 is 18.1. The lowest BCUT2D eigenvalue weighted by Crippen LogP contribution is -2.67. The summed E-state index contributed by atoms with van der Waals surface area (Å²) in [7, 11) is -2.87. The molecule has 0 aliphatic heterocycles. The zero-order chi connectivity index (χ0) is 29.2. The van der Waals surface area contributed by atoms with E-state index in [0.29, 0.717) is 12.8 Å². The van der Waals surface area contributed by atoms with Crippen LogP contribution in [0.4, 0.5) is 4.79 Å². The Bertz CT molecular complexity index is 1150. The zero-order valence-electron chi connectivity index (χ0n) is 24.6. The fourth-order valence-electron chi connectivity index (χ4n) is 5.33. The van der Waals surface area contributed by atoms with E-state index in [2.05, 4.69) is 50.4 Å². The minimum Gasteiger partial charge on any atom is -0.456 e. The van der Waals surface area contributed by atoms with Crippen molar-refractivity contribution < 1.29 is 28.3 Å². The Labute approximate surface area is 239 Å². The summed E-state index contributed by atoms with van der Waals surface area (Å²) in [6, 6.07) is 19.6. The lowest BCUT2D eigenvalue weighted by atomic mass is 9.97. The molecule has 1 N–H and O–H groups in total. The van der Waals surface area contributed by atoms with Crippen molar-refractivity contribution in [2.45, 2.75) is 83.9 Å². The highest BCUT2D eigenvalue weighted by molar-refractivity contribution is 6.99. The van der Waals surface area contributed by atoms with Crippen LogP contribution < -0.4 is 15.7 Å². The minimum absolute atomic E-state index is 0.0153. The van der Waals surface area contributed by atoms with E-state index in [9.17, 15) is 14.4 Å². The number of amides is 1. The minimum atomic E-state index is -2.87. The van der Waals surface area contributed by atoms with Gasteiger partial charge in [0, 0.05) is 17.9 Å². The Hall–Kier alpha value is -2.97. The molecule has 7 nitrogen and oxygen atoms in total. The van der Waals surface area contributed by atoms with Crippen LogP contribution in [-0.2, 0) is 23.5 Å². The van der Waals surface area contributed by atoms with E-state index < -0.39 is 37.4 Å². The number of hydrogen-bond donors (Lipinski definition) is 1. The normalized spacial score (nSPS) is 17.4. The van der Waals surface area contributed by atoms with Crippen molar-refractivity contribution in [1.82, 2.24) is 5.32 Å². The Kier molecular flexibility index (Phi) is 8.62. The monoisotopic (exact) mass is 565 g/mol. The van der Waals surface area contributed by atoms with Gasteiger partial charge in [-0.2, -0.15) is 0 Å². The second-order valence-electron chi connectivity index (χ2n) is 13.2. The van der Waals surface area contributed by atoms with Crippen LogP contribution in [0.2, 0.25) is 5.04 Å².